The maximum Gasteiger partial charge on any atom is 0.254 e. The number of carbonyl (C=O) groups is 1. The third-order valence-corrected chi connectivity index (χ3v) is 4.55. The van der Waals surface area contributed by atoms with Gasteiger partial charge in [-0.05, 0) is 54.4 Å². The van der Waals surface area contributed by atoms with E-state index in [4.69, 9.17) is 9.47 Å². The lowest BCUT2D eigenvalue weighted by Crippen LogP contribution is -2.30. The van der Waals surface area contributed by atoms with Gasteiger partial charge in [-0.3, -0.25) is 4.79 Å². The van der Waals surface area contributed by atoms with Gasteiger partial charge in [-0.15, -0.1) is 0 Å². The molecule has 144 valence electrons. The number of benzene rings is 3. The Balaban J connectivity index is 1.61. The molecule has 0 heterocycles. The summed E-state index contributed by atoms with van der Waals surface area (Å²) in [6, 6.07) is 25.1. The Labute approximate surface area is 166 Å². The van der Waals surface area contributed by atoms with Crippen molar-refractivity contribution in [1.29, 1.82) is 0 Å². The number of carbonyl (C=O) groups excluding carboxylic acids is 1. The van der Waals surface area contributed by atoms with E-state index in [1.54, 1.807) is 7.11 Å². The van der Waals surface area contributed by atoms with Crippen LogP contribution in [0.15, 0.2) is 78.9 Å². The van der Waals surface area contributed by atoms with E-state index in [-0.39, 0.29) is 5.91 Å². The highest BCUT2D eigenvalue weighted by Crippen LogP contribution is 2.16. The molecule has 0 aliphatic carbocycles. The van der Waals surface area contributed by atoms with Gasteiger partial charge in [0.15, 0.2) is 0 Å². The van der Waals surface area contributed by atoms with Crippen LogP contribution >= 0.6 is 0 Å². The first kappa shape index (κ1) is 19.5. The van der Waals surface area contributed by atoms with E-state index in [1.807, 2.05) is 90.7 Å². The van der Waals surface area contributed by atoms with Crippen LogP contribution in [0.1, 0.15) is 28.4 Å². The number of nitrogens with zero attached hydrogens (tertiary/aromatic N) is 1. The summed E-state index contributed by atoms with van der Waals surface area (Å²) < 4.78 is 10.9. The van der Waals surface area contributed by atoms with Crippen LogP contribution in [-0.4, -0.2) is 24.5 Å². The van der Waals surface area contributed by atoms with Gasteiger partial charge in [-0.25, -0.2) is 0 Å². The van der Waals surface area contributed by atoms with Gasteiger partial charge in [0, 0.05) is 18.7 Å². The van der Waals surface area contributed by atoms with Crippen molar-refractivity contribution >= 4 is 5.91 Å². The van der Waals surface area contributed by atoms with E-state index in [0.29, 0.717) is 25.3 Å². The van der Waals surface area contributed by atoms with E-state index in [9.17, 15) is 4.79 Å². The minimum Gasteiger partial charge on any atom is -0.497 e. The van der Waals surface area contributed by atoms with Crippen LogP contribution in [0.2, 0.25) is 0 Å². The highest BCUT2D eigenvalue weighted by atomic mass is 16.5. The van der Waals surface area contributed by atoms with E-state index >= 15 is 0 Å². The highest BCUT2D eigenvalue weighted by molar-refractivity contribution is 5.94. The van der Waals surface area contributed by atoms with E-state index in [2.05, 4.69) is 0 Å². The molecule has 3 aromatic carbocycles. The van der Waals surface area contributed by atoms with Crippen LogP contribution in [0, 0.1) is 0 Å². The Morgan fingerprint density at radius 2 is 1.46 bits per heavy atom. The number of amides is 1. The minimum absolute atomic E-state index is 0.0221. The van der Waals surface area contributed by atoms with Crippen molar-refractivity contribution in [1.82, 2.24) is 4.90 Å². The molecule has 0 aliphatic heterocycles. The van der Waals surface area contributed by atoms with Gasteiger partial charge in [0.1, 0.15) is 18.1 Å². The summed E-state index contributed by atoms with van der Waals surface area (Å²) >= 11 is 0. The summed E-state index contributed by atoms with van der Waals surface area (Å²) in [5.41, 5.74) is 2.78. The molecule has 0 N–H and O–H groups in total. The molecule has 0 atom stereocenters. The Hall–Kier alpha value is -3.27. The normalized spacial score (nSPS) is 10.4. The van der Waals surface area contributed by atoms with Crippen molar-refractivity contribution in [3.05, 3.63) is 95.6 Å². The van der Waals surface area contributed by atoms with Crippen LogP contribution in [0.25, 0.3) is 0 Å². The third kappa shape index (κ3) is 5.13. The number of hydrogen-bond donors (Lipinski definition) is 0. The Morgan fingerprint density at radius 1 is 0.821 bits per heavy atom. The van der Waals surface area contributed by atoms with Crippen molar-refractivity contribution < 1.29 is 14.3 Å². The molecule has 3 rings (SSSR count). The predicted octanol–water partition coefficient (Wildman–Crippen LogP) is 4.94. The smallest absolute Gasteiger partial charge is 0.254 e. The molecule has 4 heteroatoms. The van der Waals surface area contributed by atoms with Crippen LogP contribution in [0.3, 0.4) is 0 Å². The minimum atomic E-state index is 0.0221. The molecule has 0 unspecified atom stereocenters. The molecular formula is C24H25NO3. The van der Waals surface area contributed by atoms with Gasteiger partial charge in [-0.2, -0.15) is 0 Å². The fourth-order valence-corrected chi connectivity index (χ4v) is 2.89. The summed E-state index contributed by atoms with van der Waals surface area (Å²) in [6.45, 7) is 3.67. The molecule has 0 aliphatic rings. The lowest BCUT2D eigenvalue weighted by Gasteiger charge is -2.21. The third-order valence-electron chi connectivity index (χ3n) is 4.55. The maximum absolute atomic E-state index is 12.9. The lowest BCUT2D eigenvalue weighted by molar-refractivity contribution is 0.0752. The number of para-hydroxylation sites is 1. The van der Waals surface area contributed by atoms with Crippen molar-refractivity contribution in [2.45, 2.75) is 20.1 Å². The molecule has 0 saturated heterocycles. The maximum atomic E-state index is 12.9. The summed E-state index contributed by atoms with van der Waals surface area (Å²) in [5.74, 6) is 1.67. The summed E-state index contributed by atoms with van der Waals surface area (Å²) in [7, 11) is 1.64. The number of rotatable bonds is 8. The predicted molar refractivity (Wildman–Crippen MR) is 111 cm³/mol. The Morgan fingerprint density at radius 3 is 2.07 bits per heavy atom. The summed E-state index contributed by atoms with van der Waals surface area (Å²) in [5, 5.41) is 0. The van der Waals surface area contributed by atoms with Crippen LogP contribution < -0.4 is 9.47 Å². The average Bonchev–Trinajstić information content (AvgIpc) is 2.77. The number of ether oxygens (including phenoxy) is 2. The second kappa shape index (κ2) is 9.60. The summed E-state index contributed by atoms with van der Waals surface area (Å²) in [4.78, 5) is 14.7. The van der Waals surface area contributed by atoms with Gasteiger partial charge in [0.05, 0.1) is 7.11 Å². The van der Waals surface area contributed by atoms with E-state index in [0.717, 1.165) is 22.6 Å². The monoisotopic (exact) mass is 375 g/mol. The Kier molecular flexibility index (Phi) is 6.68. The standard InChI is InChI=1S/C24H25NO3/c1-3-25(17-19-11-15-22(27-2)16-12-19)24(26)21-13-9-20(10-14-21)18-28-23-7-5-4-6-8-23/h4-16H,3,17-18H2,1-2H3. The molecule has 0 spiro atoms. The van der Waals surface area contributed by atoms with Crippen LogP contribution in [0.5, 0.6) is 11.5 Å². The average molecular weight is 375 g/mol. The highest BCUT2D eigenvalue weighted by Gasteiger charge is 2.14. The van der Waals surface area contributed by atoms with Crippen molar-refractivity contribution in [2.24, 2.45) is 0 Å². The lowest BCUT2D eigenvalue weighted by atomic mass is 10.1. The van der Waals surface area contributed by atoms with Gasteiger partial charge < -0.3 is 14.4 Å². The first-order valence-corrected chi connectivity index (χ1v) is 9.38. The molecule has 28 heavy (non-hydrogen) atoms. The zero-order valence-electron chi connectivity index (χ0n) is 16.3. The number of hydrogen-bond acceptors (Lipinski definition) is 3. The van der Waals surface area contributed by atoms with Gasteiger partial charge in [0.2, 0.25) is 0 Å². The fourth-order valence-electron chi connectivity index (χ4n) is 2.89. The molecular weight excluding hydrogens is 350 g/mol. The SMILES string of the molecule is CCN(Cc1ccc(OC)cc1)C(=O)c1ccc(COc2ccccc2)cc1. The Bertz CT molecular complexity index is 874. The molecule has 0 saturated carbocycles. The largest absolute Gasteiger partial charge is 0.497 e. The van der Waals surface area contributed by atoms with E-state index < -0.39 is 0 Å². The van der Waals surface area contributed by atoms with Crippen LogP contribution in [-0.2, 0) is 13.2 Å². The first-order valence-electron chi connectivity index (χ1n) is 9.38. The zero-order chi connectivity index (χ0) is 19.8. The molecule has 4 nitrogen and oxygen atoms in total. The second-order valence-corrected chi connectivity index (χ2v) is 6.47. The van der Waals surface area contributed by atoms with Crippen molar-refractivity contribution in [3.63, 3.8) is 0 Å². The molecule has 3 aromatic rings. The van der Waals surface area contributed by atoms with Gasteiger partial charge >= 0.3 is 0 Å². The van der Waals surface area contributed by atoms with E-state index in [1.165, 1.54) is 0 Å². The molecule has 0 radical (unpaired) electrons. The van der Waals surface area contributed by atoms with Gasteiger partial charge in [0.25, 0.3) is 5.91 Å². The topological polar surface area (TPSA) is 38.8 Å². The molecule has 1 amide bonds. The van der Waals surface area contributed by atoms with Crippen molar-refractivity contribution in [3.8, 4) is 11.5 Å². The van der Waals surface area contributed by atoms with Crippen LogP contribution in [0.4, 0.5) is 0 Å². The van der Waals surface area contributed by atoms with Gasteiger partial charge in [-0.1, -0.05) is 42.5 Å². The molecule has 0 aromatic heterocycles. The zero-order valence-corrected chi connectivity index (χ0v) is 16.3. The number of methoxy groups -OCH3 is 1. The van der Waals surface area contributed by atoms with Crippen molar-refractivity contribution in [2.75, 3.05) is 13.7 Å². The summed E-state index contributed by atoms with van der Waals surface area (Å²) in [6.07, 6.45) is 0. The molecule has 0 bridgehead atoms. The first-order chi connectivity index (χ1) is 13.7. The fraction of sp³-hybridized carbons (Fsp3) is 0.208. The molecule has 0 fully saturated rings. The quantitative estimate of drug-likeness (QED) is 0.560. The second-order valence-electron chi connectivity index (χ2n) is 6.47.